The van der Waals surface area contributed by atoms with Gasteiger partial charge in [-0.05, 0) is 24.3 Å². The van der Waals surface area contributed by atoms with Crippen molar-refractivity contribution in [3.05, 3.63) is 87.5 Å². The first-order valence-corrected chi connectivity index (χ1v) is 8.18. The van der Waals surface area contributed by atoms with E-state index in [1.54, 1.807) is 18.3 Å². The first kappa shape index (κ1) is 15.2. The van der Waals surface area contributed by atoms with Crippen molar-refractivity contribution in [2.24, 2.45) is 5.16 Å². The van der Waals surface area contributed by atoms with Crippen molar-refractivity contribution in [1.82, 2.24) is 4.98 Å². The molecule has 0 fully saturated rings. The maximum Gasteiger partial charge on any atom is 0.143 e. The molecule has 0 saturated heterocycles. The van der Waals surface area contributed by atoms with Crippen LogP contribution in [0.1, 0.15) is 16.7 Å². The molecule has 0 spiro atoms. The second-order valence-electron chi connectivity index (χ2n) is 5.39. The molecule has 0 radical (unpaired) electrons. The molecule has 0 atom stereocenters. The smallest absolute Gasteiger partial charge is 0.143 e. The van der Waals surface area contributed by atoms with Crippen LogP contribution in [0.5, 0.6) is 0 Å². The molecule has 1 heterocycles. The van der Waals surface area contributed by atoms with E-state index in [1.807, 2.05) is 42.5 Å². The minimum atomic E-state index is 0.275. The van der Waals surface area contributed by atoms with Gasteiger partial charge in [0.1, 0.15) is 12.3 Å². The Morgan fingerprint density at radius 1 is 0.917 bits per heavy atom. The summed E-state index contributed by atoms with van der Waals surface area (Å²) in [5.41, 5.74) is 5.62. The van der Waals surface area contributed by atoms with Crippen LogP contribution in [-0.4, -0.2) is 10.7 Å². The normalized spacial score (nSPS) is 13.7. The summed E-state index contributed by atoms with van der Waals surface area (Å²) >= 11 is 12.1. The first-order valence-electron chi connectivity index (χ1n) is 7.43. The van der Waals surface area contributed by atoms with E-state index in [9.17, 15) is 0 Å². The van der Waals surface area contributed by atoms with E-state index in [2.05, 4.69) is 10.1 Å². The van der Waals surface area contributed by atoms with Crippen LogP contribution < -0.4 is 0 Å². The number of hydrogen-bond acceptors (Lipinski definition) is 3. The Labute approximate surface area is 149 Å². The van der Waals surface area contributed by atoms with Crippen molar-refractivity contribution < 1.29 is 4.84 Å². The van der Waals surface area contributed by atoms with Gasteiger partial charge in [0, 0.05) is 38.5 Å². The number of pyridine rings is 1. The van der Waals surface area contributed by atoms with Crippen LogP contribution in [0.2, 0.25) is 10.0 Å². The molecule has 0 aliphatic heterocycles. The lowest BCUT2D eigenvalue weighted by atomic mass is 10.1. The van der Waals surface area contributed by atoms with Crippen LogP contribution in [0.3, 0.4) is 0 Å². The summed E-state index contributed by atoms with van der Waals surface area (Å²) < 4.78 is 0. The number of rotatable bonds is 3. The average molecular weight is 355 g/mol. The minimum Gasteiger partial charge on any atom is -0.390 e. The van der Waals surface area contributed by atoms with Gasteiger partial charge in [-0.3, -0.25) is 4.98 Å². The molecule has 0 unspecified atom stereocenters. The number of halogens is 2. The molecule has 0 saturated carbocycles. The standard InChI is InChI=1S/C19H12Cl2N2O/c20-13-8-7-12(17(21)10-13)11-24-23-19-15-5-2-1-4-14(15)18-16(19)6-3-9-22-18/h1-10H,11H2/b23-19-. The Morgan fingerprint density at radius 3 is 2.54 bits per heavy atom. The van der Waals surface area contributed by atoms with Crippen molar-refractivity contribution in [3.8, 4) is 11.3 Å². The topological polar surface area (TPSA) is 34.5 Å². The van der Waals surface area contributed by atoms with Crippen LogP contribution in [0.25, 0.3) is 11.3 Å². The number of fused-ring (bicyclic) bond motifs is 3. The maximum absolute atomic E-state index is 6.16. The zero-order valence-electron chi connectivity index (χ0n) is 12.5. The SMILES string of the molecule is Clc1ccc(CO/N=C2/c3ccccc3-c3ncccc32)c(Cl)c1. The molecule has 3 aromatic rings. The third kappa shape index (κ3) is 2.66. The molecule has 1 aliphatic rings. The minimum absolute atomic E-state index is 0.275. The number of benzene rings is 2. The number of oxime groups is 1. The summed E-state index contributed by atoms with van der Waals surface area (Å²) in [6, 6.07) is 17.3. The predicted molar refractivity (Wildman–Crippen MR) is 96.6 cm³/mol. The zero-order valence-corrected chi connectivity index (χ0v) is 14.1. The lowest BCUT2D eigenvalue weighted by Crippen LogP contribution is -2.00. The van der Waals surface area contributed by atoms with Crippen molar-refractivity contribution in [3.63, 3.8) is 0 Å². The van der Waals surface area contributed by atoms with E-state index in [1.165, 1.54) is 0 Å². The number of nitrogens with zero attached hydrogens (tertiary/aromatic N) is 2. The van der Waals surface area contributed by atoms with Gasteiger partial charge in [-0.25, -0.2) is 0 Å². The largest absolute Gasteiger partial charge is 0.390 e. The first-order chi connectivity index (χ1) is 11.7. The molecule has 1 aromatic heterocycles. The Kier molecular flexibility index (Phi) is 3.97. The fourth-order valence-corrected chi connectivity index (χ4v) is 3.22. The summed E-state index contributed by atoms with van der Waals surface area (Å²) in [7, 11) is 0. The Hall–Kier alpha value is -2.36. The summed E-state index contributed by atoms with van der Waals surface area (Å²) in [5, 5.41) is 5.51. The third-order valence-corrected chi connectivity index (χ3v) is 4.48. The predicted octanol–water partition coefficient (Wildman–Crippen LogP) is 5.34. The molecular formula is C19H12Cl2N2O. The molecule has 1 aliphatic carbocycles. The lowest BCUT2D eigenvalue weighted by molar-refractivity contribution is 0.131. The molecule has 4 rings (SSSR count). The highest BCUT2D eigenvalue weighted by Gasteiger charge is 2.25. The summed E-state index contributed by atoms with van der Waals surface area (Å²) in [5.74, 6) is 0. The molecule has 5 heteroatoms. The third-order valence-electron chi connectivity index (χ3n) is 3.89. The Bertz CT molecular complexity index is 906. The summed E-state index contributed by atoms with van der Waals surface area (Å²) in [6.07, 6.45) is 1.78. The molecule has 2 aromatic carbocycles. The van der Waals surface area contributed by atoms with Gasteiger partial charge in [-0.2, -0.15) is 0 Å². The quantitative estimate of drug-likeness (QED) is 0.465. The van der Waals surface area contributed by atoms with E-state index in [4.69, 9.17) is 28.0 Å². The van der Waals surface area contributed by atoms with Gasteiger partial charge in [0.2, 0.25) is 0 Å². The summed E-state index contributed by atoms with van der Waals surface area (Å²) in [6.45, 7) is 0.275. The van der Waals surface area contributed by atoms with Gasteiger partial charge < -0.3 is 4.84 Å². The molecule has 0 bridgehead atoms. The number of aromatic nitrogens is 1. The van der Waals surface area contributed by atoms with E-state index in [-0.39, 0.29) is 6.61 Å². The van der Waals surface area contributed by atoms with E-state index in [0.717, 1.165) is 33.7 Å². The van der Waals surface area contributed by atoms with E-state index >= 15 is 0 Å². The van der Waals surface area contributed by atoms with Crippen LogP contribution in [-0.2, 0) is 11.4 Å². The molecule has 3 nitrogen and oxygen atoms in total. The summed E-state index contributed by atoms with van der Waals surface area (Å²) in [4.78, 5) is 10.0. The van der Waals surface area contributed by atoms with Crippen molar-refractivity contribution in [2.75, 3.05) is 0 Å². The molecule has 118 valence electrons. The van der Waals surface area contributed by atoms with E-state index in [0.29, 0.717) is 10.0 Å². The molecule has 24 heavy (non-hydrogen) atoms. The zero-order chi connectivity index (χ0) is 16.5. The van der Waals surface area contributed by atoms with Gasteiger partial charge in [0.25, 0.3) is 0 Å². The van der Waals surface area contributed by atoms with Crippen molar-refractivity contribution in [2.45, 2.75) is 6.61 Å². The van der Waals surface area contributed by atoms with Crippen LogP contribution in [0.15, 0.2) is 65.9 Å². The second-order valence-corrected chi connectivity index (χ2v) is 6.24. The molecular weight excluding hydrogens is 343 g/mol. The van der Waals surface area contributed by atoms with Crippen molar-refractivity contribution in [1.29, 1.82) is 0 Å². The number of hydrogen-bond donors (Lipinski definition) is 0. The maximum atomic E-state index is 6.16. The highest BCUT2D eigenvalue weighted by molar-refractivity contribution is 6.35. The van der Waals surface area contributed by atoms with Crippen LogP contribution in [0.4, 0.5) is 0 Å². The Balaban J connectivity index is 1.65. The second kappa shape index (κ2) is 6.27. The van der Waals surface area contributed by atoms with Gasteiger partial charge >= 0.3 is 0 Å². The van der Waals surface area contributed by atoms with E-state index < -0.39 is 0 Å². The van der Waals surface area contributed by atoms with Gasteiger partial charge in [-0.15, -0.1) is 0 Å². The lowest BCUT2D eigenvalue weighted by Gasteiger charge is -2.05. The average Bonchev–Trinajstić information content (AvgIpc) is 2.91. The Morgan fingerprint density at radius 2 is 1.71 bits per heavy atom. The van der Waals surface area contributed by atoms with Crippen LogP contribution >= 0.6 is 23.2 Å². The van der Waals surface area contributed by atoms with Gasteiger partial charge in [-0.1, -0.05) is 58.7 Å². The highest BCUT2D eigenvalue weighted by atomic mass is 35.5. The van der Waals surface area contributed by atoms with Crippen molar-refractivity contribution >= 4 is 28.9 Å². The molecule has 0 amide bonds. The highest BCUT2D eigenvalue weighted by Crippen LogP contribution is 2.35. The van der Waals surface area contributed by atoms with Gasteiger partial charge in [0.15, 0.2) is 0 Å². The fraction of sp³-hybridized carbons (Fsp3) is 0.0526. The molecule has 0 N–H and O–H groups in total. The fourth-order valence-electron chi connectivity index (χ4n) is 2.76. The monoisotopic (exact) mass is 354 g/mol. The van der Waals surface area contributed by atoms with Crippen LogP contribution in [0, 0.1) is 0 Å². The van der Waals surface area contributed by atoms with Gasteiger partial charge in [0.05, 0.1) is 5.69 Å².